The van der Waals surface area contributed by atoms with Gasteiger partial charge >= 0.3 is 0 Å². The summed E-state index contributed by atoms with van der Waals surface area (Å²) >= 11 is 0. The summed E-state index contributed by atoms with van der Waals surface area (Å²) in [5, 5.41) is 2.90. The number of nitrogens with two attached hydrogens (primary N) is 1. The third-order valence-corrected chi connectivity index (χ3v) is 1.81. The van der Waals surface area contributed by atoms with Crippen molar-refractivity contribution in [3.8, 4) is 12.3 Å². The normalized spacial score (nSPS) is 11.7. The number of anilines is 2. The molecule has 14 heavy (non-hydrogen) atoms. The fourth-order valence-corrected chi connectivity index (χ4v) is 0.952. The van der Waals surface area contributed by atoms with Crippen LogP contribution in [0.2, 0.25) is 0 Å². The lowest BCUT2D eigenvalue weighted by molar-refractivity contribution is 0.849. The van der Waals surface area contributed by atoms with Crippen molar-refractivity contribution >= 4 is 11.5 Å². The molecule has 1 unspecified atom stereocenters. The number of nitrogen functional groups attached to an aromatic ring is 1. The number of rotatable bonds is 3. The Morgan fingerprint density at radius 2 is 2.57 bits per heavy atom. The van der Waals surface area contributed by atoms with E-state index in [0.29, 0.717) is 5.82 Å². The molecule has 4 N–H and O–H groups in total. The first-order chi connectivity index (χ1) is 6.69. The maximum Gasteiger partial charge on any atom is 0.276 e. The molecule has 0 spiro atoms. The highest BCUT2D eigenvalue weighted by atomic mass is 16.1. The summed E-state index contributed by atoms with van der Waals surface area (Å²) in [5.41, 5.74) is 5.19. The van der Waals surface area contributed by atoms with Crippen molar-refractivity contribution in [2.45, 2.75) is 19.4 Å². The topological polar surface area (TPSA) is 83.8 Å². The summed E-state index contributed by atoms with van der Waals surface area (Å²) in [7, 11) is 0. The van der Waals surface area contributed by atoms with Gasteiger partial charge in [-0.05, 0) is 6.42 Å². The summed E-state index contributed by atoms with van der Waals surface area (Å²) in [6.07, 6.45) is 7.27. The van der Waals surface area contributed by atoms with Gasteiger partial charge in [-0.25, -0.2) is 4.98 Å². The summed E-state index contributed by atoms with van der Waals surface area (Å²) in [4.78, 5) is 17.3. The molecule has 0 bridgehead atoms. The minimum absolute atomic E-state index is 0.0567. The smallest absolute Gasteiger partial charge is 0.276 e. The molecule has 1 heterocycles. The molecule has 0 aliphatic rings. The van der Waals surface area contributed by atoms with Crippen molar-refractivity contribution in [2.75, 3.05) is 11.1 Å². The van der Waals surface area contributed by atoms with Crippen molar-refractivity contribution in [2.24, 2.45) is 0 Å². The van der Waals surface area contributed by atoms with E-state index in [4.69, 9.17) is 12.2 Å². The summed E-state index contributed by atoms with van der Waals surface area (Å²) < 4.78 is 0. The SMILES string of the molecule is C#CC(CC)Nc1nc[nH]c(=O)c1N. The molecular formula is C9H12N4O. The van der Waals surface area contributed by atoms with Crippen molar-refractivity contribution in [3.63, 3.8) is 0 Å². The molecule has 1 aromatic rings. The largest absolute Gasteiger partial charge is 0.391 e. The van der Waals surface area contributed by atoms with Crippen LogP contribution in [0.1, 0.15) is 13.3 Å². The van der Waals surface area contributed by atoms with Crippen LogP contribution in [-0.2, 0) is 0 Å². The van der Waals surface area contributed by atoms with Crippen molar-refractivity contribution in [3.05, 3.63) is 16.7 Å². The van der Waals surface area contributed by atoms with E-state index in [1.807, 2.05) is 6.92 Å². The Morgan fingerprint density at radius 3 is 3.14 bits per heavy atom. The highest BCUT2D eigenvalue weighted by Gasteiger charge is 2.07. The molecule has 0 saturated carbocycles. The van der Waals surface area contributed by atoms with Gasteiger partial charge in [-0.2, -0.15) is 0 Å². The maximum atomic E-state index is 11.1. The number of hydrogen-bond acceptors (Lipinski definition) is 4. The Bertz CT molecular complexity index is 404. The van der Waals surface area contributed by atoms with Crippen LogP contribution >= 0.6 is 0 Å². The average molecular weight is 192 g/mol. The van der Waals surface area contributed by atoms with Crippen LogP contribution in [-0.4, -0.2) is 16.0 Å². The van der Waals surface area contributed by atoms with Crippen LogP contribution in [0.4, 0.5) is 11.5 Å². The Hall–Kier alpha value is -1.96. The van der Waals surface area contributed by atoms with E-state index in [9.17, 15) is 4.79 Å². The van der Waals surface area contributed by atoms with E-state index in [-0.39, 0.29) is 17.3 Å². The van der Waals surface area contributed by atoms with Gasteiger partial charge in [0.2, 0.25) is 0 Å². The number of nitrogens with zero attached hydrogens (tertiary/aromatic N) is 1. The predicted octanol–water partition coefficient (Wildman–Crippen LogP) is 0.176. The molecule has 0 aromatic carbocycles. The molecule has 5 nitrogen and oxygen atoms in total. The molecule has 1 rings (SSSR count). The third kappa shape index (κ3) is 2.04. The zero-order valence-corrected chi connectivity index (χ0v) is 7.87. The first kappa shape index (κ1) is 10.1. The zero-order chi connectivity index (χ0) is 10.6. The highest BCUT2D eigenvalue weighted by molar-refractivity contribution is 5.59. The molecule has 0 saturated heterocycles. The fourth-order valence-electron chi connectivity index (χ4n) is 0.952. The van der Waals surface area contributed by atoms with E-state index < -0.39 is 0 Å². The Kier molecular flexibility index (Phi) is 3.13. The average Bonchev–Trinajstić information content (AvgIpc) is 2.20. The van der Waals surface area contributed by atoms with Gasteiger partial charge in [-0.1, -0.05) is 12.8 Å². The molecule has 1 aromatic heterocycles. The molecule has 0 radical (unpaired) electrons. The van der Waals surface area contributed by atoms with Crippen LogP contribution in [0.25, 0.3) is 0 Å². The minimum atomic E-state index is -0.366. The maximum absolute atomic E-state index is 11.1. The second-order valence-corrected chi connectivity index (χ2v) is 2.77. The van der Waals surface area contributed by atoms with Gasteiger partial charge in [0.1, 0.15) is 5.69 Å². The monoisotopic (exact) mass is 192 g/mol. The quantitative estimate of drug-likeness (QED) is 0.596. The van der Waals surface area contributed by atoms with Gasteiger partial charge in [0.05, 0.1) is 12.4 Å². The second kappa shape index (κ2) is 4.33. The second-order valence-electron chi connectivity index (χ2n) is 2.77. The summed E-state index contributed by atoms with van der Waals surface area (Å²) in [6, 6.07) is -0.161. The molecule has 0 aliphatic carbocycles. The summed E-state index contributed by atoms with van der Waals surface area (Å²) in [6.45, 7) is 1.93. The number of H-pyrrole nitrogens is 1. The first-order valence-corrected chi connectivity index (χ1v) is 4.24. The Morgan fingerprint density at radius 1 is 1.86 bits per heavy atom. The predicted molar refractivity (Wildman–Crippen MR) is 55.8 cm³/mol. The Balaban J connectivity index is 2.93. The number of aromatic nitrogens is 2. The number of hydrogen-bond donors (Lipinski definition) is 3. The number of aromatic amines is 1. The fraction of sp³-hybridized carbons (Fsp3) is 0.333. The highest BCUT2D eigenvalue weighted by Crippen LogP contribution is 2.09. The minimum Gasteiger partial charge on any atom is -0.391 e. The van der Waals surface area contributed by atoms with Gasteiger partial charge < -0.3 is 16.0 Å². The number of nitrogens with one attached hydrogen (secondary N) is 2. The molecule has 0 amide bonds. The van der Waals surface area contributed by atoms with Crippen molar-refractivity contribution in [1.29, 1.82) is 0 Å². The lowest BCUT2D eigenvalue weighted by atomic mass is 10.2. The van der Waals surface area contributed by atoms with Gasteiger partial charge in [-0.3, -0.25) is 4.79 Å². The molecular weight excluding hydrogens is 180 g/mol. The van der Waals surface area contributed by atoms with Gasteiger partial charge in [0.15, 0.2) is 5.82 Å². The third-order valence-electron chi connectivity index (χ3n) is 1.81. The molecule has 5 heteroatoms. The molecule has 0 aliphatic heterocycles. The Labute approximate surface area is 81.7 Å². The van der Waals surface area contributed by atoms with Crippen molar-refractivity contribution in [1.82, 2.24) is 9.97 Å². The van der Waals surface area contributed by atoms with E-state index in [0.717, 1.165) is 6.42 Å². The lowest BCUT2D eigenvalue weighted by Gasteiger charge is -2.11. The van der Waals surface area contributed by atoms with Gasteiger partial charge in [0, 0.05) is 0 Å². The molecule has 1 atom stereocenters. The molecule has 74 valence electrons. The van der Waals surface area contributed by atoms with Gasteiger partial charge in [-0.15, -0.1) is 6.42 Å². The lowest BCUT2D eigenvalue weighted by Crippen LogP contribution is -2.22. The van der Waals surface area contributed by atoms with Crippen LogP contribution in [0.3, 0.4) is 0 Å². The van der Waals surface area contributed by atoms with Crippen LogP contribution in [0.5, 0.6) is 0 Å². The standard InChI is InChI=1S/C9H12N4O/c1-3-6(4-2)13-8-7(10)9(14)12-5-11-8/h1,5-6H,4,10H2,2H3,(H2,11,12,13,14). The van der Waals surface area contributed by atoms with E-state index >= 15 is 0 Å². The van der Waals surface area contributed by atoms with Crippen LogP contribution < -0.4 is 16.6 Å². The number of terminal acetylenes is 1. The van der Waals surface area contributed by atoms with Crippen molar-refractivity contribution < 1.29 is 0 Å². The van der Waals surface area contributed by atoms with Gasteiger partial charge in [0.25, 0.3) is 5.56 Å². The summed E-state index contributed by atoms with van der Waals surface area (Å²) in [5.74, 6) is 2.86. The zero-order valence-electron chi connectivity index (χ0n) is 7.87. The van der Waals surface area contributed by atoms with Crippen LogP contribution in [0, 0.1) is 12.3 Å². The van der Waals surface area contributed by atoms with Crippen LogP contribution in [0.15, 0.2) is 11.1 Å². The van der Waals surface area contributed by atoms with E-state index in [1.165, 1.54) is 6.33 Å². The molecule has 0 fully saturated rings. The van der Waals surface area contributed by atoms with E-state index in [2.05, 4.69) is 21.2 Å². The first-order valence-electron chi connectivity index (χ1n) is 4.24. The van der Waals surface area contributed by atoms with E-state index in [1.54, 1.807) is 0 Å².